The van der Waals surface area contributed by atoms with Crippen LogP contribution in [0.25, 0.3) is 32.4 Å². The zero-order valence-corrected chi connectivity index (χ0v) is 12.1. The summed E-state index contributed by atoms with van der Waals surface area (Å²) < 4.78 is 19.5. The van der Waals surface area contributed by atoms with Crippen molar-refractivity contribution >= 4 is 27.4 Å². The van der Waals surface area contributed by atoms with Gasteiger partial charge in [-0.2, -0.15) is 0 Å². The van der Waals surface area contributed by atoms with Gasteiger partial charge in [0.2, 0.25) is 11.8 Å². The number of hydrogen-bond donors (Lipinski definition) is 1. The van der Waals surface area contributed by atoms with Crippen molar-refractivity contribution in [2.24, 2.45) is 0 Å². The molecule has 0 aliphatic carbocycles. The molecule has 0 aliphatic heterocycles. The van der Waals surface area contributed by atoms with E-state index in [1.807, 2.05) is 24.3 Å². The van der Waals surface area contributed by atoms with Crippen molar-refractivity contribution in [3.05, 3.63) is 54.3 Å². The molecule has 2 N–H and O–H groups in total. The highest BCUT2D eigenvalue weighted by atomic mass is 32.1. The summed E-state index contributed by atoms with van der Waals surface area (Å²) in [7, 11) is 0. The van der Waals surface area contributed by atoms with Crippen molar-refractivity contribution in [1.29, 1.82) is 0 Å². The molecule has 108 valence electrons. The zero-order valence-electron chi connectivity index (χ0n) is 11.3. The number of para-hydroxylation sites is 1. The Bertz CT molecular complexity index is 926. The van der Waals surface area contributed by atoms with Crippen LogP contribution in [0.5, 0.6) is 0 Å². The van der Waals surface area contributed by atoms with Gasteiger partial charge in [0.05, 0.1) is 10.2 Å². The number of hydrogen-bond acceptors (Lipinski definition) is 5. The Morgan fingerprint density at radius 3 is 2.55 bits per heavy atom. The molecule has 0 spiro atoms. The van der Waals surface area contributed by atoms with Crippen molar-refractivity contribution < 1.29 is 8.81 Å². The Kier molecular flexibility index (Phi) is 2.90. The maximum atomic E-state index is 13.0. The molecule has 4 nitrogen and oxygen atoms in total. The minimum Gasteiger partial charge on any atom is -0.420 e. The highest BCUT2D eigenvalue weighted by Gasteiger charge is 2.17. The Hall–Kier alpha value is -2.73. The lowest BCUT2D eigenvalue weighted by Crippen LogP contribution is -1.85. The summed E-state index contributed by atoms with van der Waals surface area (Å²) in [5, 5.41) is 0.704. The summed E-state index contributed by atoms with van der Waals surface area (Å²) in [5.41, 5.74) is 8.00. The average Bonchev–Trinajstić information content (AvgIpc) is 3.11. The quantitative estimate of drug-likeness (QED) is 0.598. The van der Waals surface area contributed by atoms with Crippen LogP contribution in [0.1, 0.15) is 0 Å². The lowest BCUT2D eigenvalue weighted by molar-refractivity contribution is 0.593. The third kappa shape index (κ3) is 2.14. The van der Waals surface area contributed by atoms with E-state index in [2.05, 4.69) is 9.97 Å². The summed E-state index contributed by atoms with van der Waals surface area (Å²) in [6.45, 7) is 0. The number of rotatable bonds is 2. The molecule has 0 bridgehead atoms. The topological polar surface area (TPSA) is 64.9 Å². The van der Waals surface area contributed by atoms with Crippen LogP contribution in [-0.2, 0) is 0 Å². The fourth-order valence-corrected chi connectivity index (χ4v) is 3.13. The van der Waals surface area contributed by atoms with Gasteiger partial charge in [-0.25, -0.2) is 14.4 Å². The molecule has 4 aromatic rings. The molecule has 4 rings (SSSR count). The van der Waals surface area contributed by atoms with Gasteiger partial charge in [-0.3, -0.25) is 0 Å². The van der Waals surface area contributed by atoms with E-state index in [1.165, 1.54) is 23.5 Å². The molecule has 0 atom stereocenters. The zero-order chi connectivity index (χ0) is 15.1. The van der Waals surface area contributed by atoms with Crippen molar-refractivity contribution in [2.45, 2.75) is 0 Å². The number of oxazole rings is 1. The molecule has 2 aromatic heterocycles. The third-order valence-corrected chi connectivity index (χ3v) is 4.28. The van der Waals surface area contributed by atoms with Gasteiger partial charge < -0.3 is 10.2 Å². The molecule has 0 saturated carbocycles. The molecule has 0 amide bonds. The van der Waals surface area contributed by atoms with Gasteiger partial charge >= 0.3 is 0 Å². The second kappa shape index (κ2) is 4.92. The second-order valence-corrected chi connectivity index (χ2v) is 5.76. The molecule has 2 aromatic carbocycles. The number of fused-ring (bicyclic) bond motifs is 1. The van der Waals surface area contributed by atoms with E-state index in [0.717, 1.165) is 10.2 Å². The fourth-order valence-electron chi connectivity index (χ4n) is 2.17. The van der Waals surface area contributed by atoms with Crippen molar-refractivity contribution in [2.75, 3.05) is 5.73 Å². The van der Waals surface area contributed by atoms with Gasteiger partial charge in [0.1, 0.15) is 10.8 Å². The molecule has 6 heteroatoms. The Labute approximate surface area is 129 Å². The van der Waals surface area contributed by atoms with E-state index in [1.54, 1.807) is 12.1 Å². The smallest absolute Gasteiger partial charge is 0.229 e. The van der Waals surface area contributed by atoms with Gasteiger partial charge in [-0.15, -0.1) is 11.3 Å². The summed E-state index contributed by atoms with van der Waals surface area (Å²) >= 11 is 1.50. The van der Waals surface area contributed by atoms with Crippen LogP contribution in [0, 0.1) is 5.82 Å². The molecule has 0 radical (unpaired) electrons. The van der Waals surface area contributed by atoms with Crippen molar-refractivity contribution in [1.82, 2.24) is 9.97 Å². The summed E-state index contributed by atoms with van der Waals surface area (Å²) in [5.74, 6) is 0.250. The third-order valence-electron chi connectivity index (χ3n) is 3.24. The molecule has 0 fully saturated rings. The maximum Gasteiger partial charge on any atom is 0.229 e. The van der Waals surface area contributed by atoms with Gasteiger partial charge in [0, 0.05) is 5.56 Å². The molecular formula is C16H10FN3OS. The number of benzene rings is 2. The largest absolute Gasteiger partial charge is 0.420 e. The molecule has 0 unspecified atom stereocenters. The van der Waals surface area contributed by atoms with E-state index in [4.69, 9.17) is 10.2 Å². The summed E-state index contributed by atoms with van der Waals surface area (Å²) in [4.78, 5) is 8.93. The summed E-state index contributed by atoms with van der Waals surface area (Å²) in [6.07, 6.45) is 0. The minimum absolute atomic E-state index is 0.207. The normalized spacial score (nSPS) is 11.1. The molecule has 0 saturated heterocycles. The van der Waals surface area contributed by atoms with E-state index in [-0.39, 0.29) is 11.7 Å². The van der Waals surface area contributed by atoms with Crippen LogP contribution in [-0.4, -0.2) is 9.97 Å². The Morgan fingerprint density at radius 1 is 1.00 bits per heavy atom. The van der Waals surface area contributed by atoms with Gasteiger partial charge in [-0.05, 0) is 36.4 Å². The first-order valence-electron chi connectivity index (χ1n) is 6.59. The van der Waals surface area contributed by atoms with Gasteiger partial charge in [0.15, 0.2) is 5.69 Å². The molecule has 22 heavy (non-hydrogen) atoms. The van der Waals surface area contributed by atoms with Crippen LogP contribution >= 0.6 is 11.3 Å². The van der Waals surface area contributed by atoms with E-state index in [9.17, 15) is 4.39 Å². The molecular weight excluding hydrogens is 301 g/mol. The lowest BCUT2D eigenvalue weighted by Gasteiger charge is -1.93. The number of halogens is 1. The van der Waals surface area contributed by atoms with Crippen LogP contribution in [0.15, 0.2) is 52.9 Å². The Balaban J connectivity index is 1.81. The van der Waals surface area contributed by atoms with Crippen LogP contribution < -0.4 is 5.73 Å². The second-order valence-electron chi connectivity index (χ2n) is 4.73. The fraction of sp³-hybridized carbons (Fsp3) is 0. The number of nitrogen functional groups attached to an aromatic ring is 1. The Morgan fingerprint density at radius 2 is 1.77 bits per heavy atom. The van der Waals surface area contributed by atoms with E-state index in [0.29, 0.717) is 22.2 Å². The van der Waals surface area contributed by atoms with Crippen molar-refractivity contribution in [3.8, 4) is 22.2 Å². The van der Waals surface area contributed by atoms with Crippen molar-refractivity contribution in [3.63, 3.8) is 0 Å². The molecule has 2 heterocycles. The predicted octanol–water partition coefficient (Wildman–Crippen LogP) is 4.34. The molecule has 0 aliphatic rings. The van der Waals surface area contributed by atoms with E-state index >= 15 is 0 Å². The maximum absolute atomic E-state index is 13.0. The SMILES string of the molecule is Nc1oc(-c2ccc(F)cc2)nc1-c1nc2ccccc2s1. The number of nitrogens with zero attached hydrogens (tertiary/aromatic N) is 2. The van der Waals surface area contributed by atoms with Crippen LogP contribution in [0.4, 0.5) is 10.3 Å². The average molecular weight is 311 g/mol. The van der Waals surface area contributed by atoms with Gasteiger partial charge in [0.25, 0.3) is 0 Å². The van der Waals surface area contributed by atoms with Crippen LogP contribution in [0.2, 0.25) is 0 Å². The number of nitrogens with two attached hydrogens (primary N) is 1. The number of aromatic nitrogens is 2. The number of thiazole rings is 1. The first-order valence-corrected chi connectivity index (χ1v) is 7.40. The van der Waals surface area contributed by atoms with Crippen LogP contribution in [0.3, 0.4) is 0 Å². The highest BCUT2D eigenvalue weighted by molar-refractivity contribution is 7.21. The van der Waals surface area contributed by atoms with Gasteiger partial charge in [-0.1, -0.05) is 12.1 Å². The first-order chi connectivity index (χ1) is 10.7. The minimum atomic E-state index is -0.310. The number of anilines is 1. The monoisotopic (exact) mass is 311 g/mol. The highest BCUT2D eigenvalue weighted by Crippen LogP contribution is 2.35. The standard InChI is InChI=1S/C16H10FN3OS/c17-10-7-5-9(6-8-10)15-20-13(14(18)21-15)16-19-11-3-1-2-4-12(11)22-16/h1-8H,18H2. The summed E-state index contributed by atoms with van der Waals surface area (Å²) in [6, 6.07) is 13.7. The lowest BCUT2D eigenvalue weighted by atomic mass is 10.2. The predicted molar refractivity (Wildman–Crippen MR) is 84.9 cm³/mol. The van der Waals surface area contributed by atoms with E-state index < -0.39 is 0 Å². The first kappa shape index (κ1) is 13.0.